The van der Waals surface area contributed by atoms with E-state index in [-0.39, 0.29) is 6.42 Å². The lowest BCUT2D eigenvalue weighted by atomic mass is 10.4. The van der Waals surface area contributed by atoms with Crippen molar-refractivity contribution in [2.75, 3.05) is 11.4 Å². The molecule has 0 saturated heterocycles. The Morgan fingerprint density at radius 2 is 2.31 bits per heavy atom. The first-order chi connectivity index (χ1) is 7.54. The molecule has 0 aliphatic heterocycles. The predicted molar refractivity (Wildman–Crippen MR) is 61.3 cm³/mol. The van der Waals surface area contributed by atoms with Gasteiger partial charge in [-0.2, -0.15) is 5.26 Å². The van der Waals surface area contributed by atoms with Crippen molar-refractivity contribution in [3.63, 3.8) is 0 Å². The summed E-state index contributed by atoms with van der Waals surface area (Å²) in [4.78, 5) is 3.84. The van der Waals surface area contributed by atoms with Crippen LogP contribution >= 0.6 is 0 Å². The highest BCUT2D eigenvalue weighted by Gasteiger charge is 2.28. The lowest BCUT2D eigenvalue weighted by Crippen LogP contribution is -2.35. The van der Waals surface area contributed by atoms with E-state index < -0.39 is 15.3 Å². The molecule has 1 rings (SSSR count). The van der Waals surface area contributed by atoms with E-state index in [1.54, 1.807) is 31.3 Å². The lowest BCUT2D eigenvalue weighted by molar-refractivity contribution is 0.585. The Morgan fingerprint density at radius 3 is 2.75 bits per heavy atom. The molecule has 6 heteroatoms. The summed E-state index contributed by atoms with van der Waals surface area (Å²) >= 11 is 0. The number of hydrogen-bond donors (Lipinski definition) is 0. The number of pyridine rings is 1. The normalized spacial score (nSPS) is 12.8. The lowest BCUT2D eigenvalue weighted by Gasteiger charge is -2.21. The third-order valence-corrected chi connectivity index (χ3v) is 4.40. The smallest absolute Gasteiger partial charge is 0.251 e. The average Bonchev–Trinajstić information content (AvgIpc) is 2.30. The number of hydrogen-bond acceptors (Lipinski definition) is 4. The molecule has 0 aromatic carbocycles. The summed E-state index contributed by atoms with van der Waals surface area (Å²) in [5, 5.41) is 7.77. The topological polar surface area (TPSA) is 74.1 Å². The zero-order chi connectivity index (χ0) is 12.2. The van der Waals surface area contributed by atoms with E-state index in [1.165, 1.54) is 13.2 Å². The van der Waals surface area contributed by atoms with Crippen LogP contribution in [0.25, 0.3) is 0 Å². The summed E-state index contributed by atoms with van der Waals surface area (Å²) in [6.45, 7) is 1.67. The summed E-state index contributed by atoms with van der Waals surface area (Å²) in [7, 11) is -2.20. The number of rotatable bonds is 4. The highest BCUT2D eigenvalue weighted by molar-refractivity contribution is 7.93. The molecule has 0 amide bonds. The Kier molecular flexibility index (Phi) is 3.85. The summed E-state index contributed by atoms with van der Waals surface area (Å²) in [5.74, 6) is 0. The number of nitrogens with zero attached hydrogens (tertiary/aromatic N) is 3. The van der Waals surface area contributed by atoms with Crippen LogP contribution in [0.5, 0.6) is 0 Å². The molecule has 1 aromatic heterocycles. The fourth-order valence-corrected chi connectivity index (χ4v) is 2.58. The summed E-state index contributed by atoms with van der Waals surface area (Å²) in [6, 6.07) is 5.07. The molecule has 0 spiro atoms. The van der Waals surface area contributed by atoms with Gasteiger partial charge in [-0.15, -0.1) is 0 Å². The molecule has 0 fully saturated rings. The molecule has 16 heavy (non-hydrogen) atoms. The van der Waals surface area contributed by atoms with Crippen molar-refractivity contribution in [1.29, 1.82) is 5.26 Å². The van der Waals surface area contributed by atoms with Crippen molar-refractivity contribution in [2.45, 2.75) is 18.6 Å². The van der Waals surface area contributed by atoms with Crippen molar-refractivity contribution >= 4 is 15.7 Å². The van der Waals surface area contributed by atoms with E-state index in [4.69, 9.17) is 5.26 Å². The van der Waals surface area contributed by atoms with E-state index in [1.807, 2.05) is 0 Å². The minimum Gasteiger partial charge on any atom is -0.271 e. The van der Waals surface area contributed by atoms with Gasteiger partial charge in [-0.05, 0) is 18.6 Å². The molecule has 5 nitrogen and oxygen atoms in total. The number of anilines is 1. The van der Waals surface area contributed by atoms with Crippen molar-refractivity contribution in [3.05, 3.63) is 24.5 Å². The van der Waals surface area contributed by atoms with E-state index in [9.17, 15) is 8.42 Å². The third kappa shape index (κ3) is 2.31. The quantitative estimate of drug-likeness (QED) is 0.790. The molecule has 1 unspecified atom stereocenters. The fraction of sp³-hybridized carbons (Fsp3) is 0.400. The van der Waals surface area contributed by atoms with Crippen LogP contribution in [0, 0.1) is 11.3 Å². The van der Waals surface area contributed by atoms with E-state index in [2.05, 4.69) is 4.98 Å². The van der Waals surface area contributed by atoms with Crippen molar-refractivity contribution in [2.24, 2.45) is 0 Å². The number of nitriles is 1. The third-order valence-electron chi connectivity index (χ3n) is 2.27. The van der Waals surface area contributed by atoms with Crippen LogP contribution in [-0.4, -0.2) is 25.7 Å². The van der Waals surface area contributed by atoms with Gasteiger partial charge in [0, 0.05) is 13.2 Å². The van der Waals surface area contributed by atoms with E-state index >= 15 is 0 Å². The summed E-state index contributed by atoms with van der Waals surface area (Å²) in [6.07, 6.45) is 3.27. The van der Waals surface area contributed by atoms with Crippen LogP contribution in [0.15, 0.2) is 24.5 Å². The van der Waals surface area contributed by atoms with Crippen LogP contribution in [0.1, 0.15) is 13.3 Å². The van der Waals surface area contributed by atoms with Crippen LogP contribution in [-0.2, 0) is 10.0 Å². The van der Waals surface area contributed by atoms with Crippen LogP contribution in [0.2, 0.25) is 0 Å². The minimum absolute atomic E-state index is 0.267. The van der Waals surface area contributed by atoms with Crippen LogP contribution < -0.4 is 4.31 Å². The minimum atomic E-state index is -3.62. The van der Waals surface area contributed by atoms with Gasteiger partial charge in [0.25, 0.3) is 10.0 Å². The molecule has 0 aliphatic rings. The largest absolute Gasteiger partial charge is 0.271 e. The standard InChI is InChI=1S/C10H13N3O2S/c1-3-10(7-11)16(14,15)13(2)9-5-4-6-12-8-9/h4-6,8,10H,3H2,1-2H3. The molecular formula is C10H13N3O2S. The molecule has 0 saturated carbocycles. The maximum absolute atomic E-state index is 12.0. The Hall–Kier alpha value is -1.61. The van der Waals surface area contributed by atoms with Crippen molar-refractivity contribution < 1.29 is 8.42 Å². The summed E-state index contributed by atoms with van der Waals surface area (Å²) < 4.78 is 25.0. The van der Waals surface area contributed by atoms with Crippen molar-refractivity contribution in [3.8, 4) is 6.07 Å². The van der Waals surface area contributed by atoms with E-state index in [0.29, 0.717) is 5.69 Å². The van der Waals surface area contributed by atoms with Gasteiger partial charge in [0.1, 0.15) is 0 Å². The highest BCUT2D eigenvalue weighted by Crippen LogP contribution is 2.18. The molecule has 1 atom stereocenters. The highest BCUT2D eigenvalue weighted by atomic mass is 32.2. The molecule has 0 radical (unpaired) electrons. The molecule has 0 aliphatic carbocycles. The van der Waals surface area contributed by atoms with Crippen molar-refractivity contribution in [1.82, 2.24) is 4.98 Å². The number of sulfonamides is 1. The molecule has 1 heterocycles. The maximum atomic E-state index is 12.0. The maximum Gasteiger partial charge on any atom is 0.251 e. The molecule has 1 aromatic rings. The fourth-order valence-electron chi connectivity index (χ4n) is 1.25. The van der Waals surface area contributed by atoms with Gasteiger partial charge in [0.05, 0.1) is 18.0 Å². The second-order valence-electron chi connectivity index (χ2n) is 3.25. The second kappa shape index (κ2) is 4.94. The van der Waals surface area contributed by atoms with E-state index in [0.717, 1.165) is 4.31 Å². The van der Waals surface area contributed by atoms with Gasteiger partial charge >= 0.3 is 0 Å². The first-order valence-electron chi connectivity index (χ1n) is 4.81. The SMILES string of the molecule is CCC(C#N)S(=O)(=O)N(C)c1cccnc1. The second-order valence-corrected chi connectivity index (χ2v) is 5.40. The van der Waals surface area contributed by atoms with Crippen LogP contribution in [0.4, 0.5) is 5.69 Å². The first kappa shape index (κ1) is 12.5. The molecular weight excluding hydrogens is 226 g/mol. The average molecular weight is 239 g/mol. The first-order valence-corrected chi connectivity index (χ1v) is 6.31. The van der Waals surface area contributed by atoms with Gasteiger partial charge in [-0.25, -0.2) is 8.42 Å². The Labute approximate surface area is 95.4 Å². The molecule has 0 bridgehead atoms. The van der Waals surface area contributed by atoms with Crippen LogP contribution in [0.3, 0.4) is 0 Å². The zero-order valence-corrected chi connectivity index (χ0v) is 9.98. The summed E-state index contributed by atoms with van der Waals surface area (Å²) in [5.41, 5.74) is 0.455. The Morgan fingerprint density at radius 1 is 1.62 bits per heavy atom. The van der Waals surface area contributed by atoms with Gasteiger partial charge in [0.15, 0.2) is 5.25 Å². The Balaban J connectivity index is 3.07. The molecule has 86 valence electrons. The number of aromatic nitrogens is 1. The van der Waals surface area contributed by atoms with Gasteiger partial charge in [-0.1, -0.05) is 6.92 Å². The van der Waals surface area contributed by atoms with Gasteiger partial charge in [-0.3, -0.25) is 9.29 Å². The predicted octanol–water partition coefficient (Wildman–Crippen LogP) is 1.15. The zero-order valence-electron chi connectivity index (χ0n) is 9.16. The van der Waals surface area contributed by atoms with Gasteiger partial charge < -0.3 is 0 Å². The Bertz CT molecular complexity index is 479. The molecule has 0 N–H and O–H groups in total. The van der Waals surface area contributed by atoms with Gasteiger partial charge in [0.2, 0.25) is 0 Å². The monoisotopic (exact) mass is 239 g/mol.